The third-order valence-electron chi connectivity index (χ3n) is 5.94. The van der Waals surface area contributed by atoms with E-state index in [0.29, 0.717) is 40.9 Å². The fraction of sp³-hybridized carbons (Fsp3) is 0.320. The summed E-state index contributed by atoms with van der Waals surface area (Å²) in [5, 5.41) is 16.3. The van der Waals surface area contributed by atoms with Gasteiger partial charge in [0, 0.05) is 41.1 Å². The second kappa shape index (κ2) is 8.15. The smallest absolute Gasteiger partial charge is 0.254 e. The Morgan fingerprint density at radius 3 is 2.75 bits per heavy atom. The van der Waals surface area contributed by atoms with E-state index in [4.69, 9.17) is 4.74 Å². The van der Waals surface area contributed by atoms with Gasteiger partial charge in [0.2, 0.25) is 0 Å². The summed E-state index contributed by atoms with van der Waals surface area (Å²) in [7, 11) is 1.47. The molecule has 1 unspecified atom stereocenters. The maximum Gasteiger partial charge on any atom is 0.254 e. The van der Waals surface area contributed by atoms with Crippen LogP contribution < -0.4 is 15.4 Å². The molecule has 4 rings (SSSR count). The fourth-order valence-corrected chi connectivity index (χ4v) is 4.58. The largest absolute Gasteiger partial charge is 0.504 e. The summed E-state index contributed by atoms with van der Waals surface area (Å²) >= 11 is 0. The first-order valence-electron chi connectivity index (χ1n) is 10.5. The van der Waals surface area contributed by atoms with Crippen LogP contribution in [0, 0.1) is 5.41 Å². The molecule has 2 aliphatic rings. The number of anilines is 1. The number of rotatable bonds is 4. The predicted molar refractivity (Wildman–Crippen MR) is 121 cm³/mol. The molecule has 0 bridgehead atoms. The number of carbonyl (C=O) groups excluding carboxylic acids is 2. The van der Waals surface area contributed by atoms with Crippen molar-refractivity contribution in [2.45, 2.75) is 39.5 Å². The molecule has 2 heterocycles. The SMILES string of the molecule is COc1cc(C2C(C(=O)Nc3cccnc3)=C(C)NC3=C2C(=O)CC(C)(C)C3)ccc1O. The van der Waals surface area contributed by atoms with Gasteiger partial charge in [0.15, 0.2) is 17.3 Å². The van der Waals surface area contributed by atoms with E-state index in [0.717, 1.165) is 5.70 Å². The molecular formula is C25H27N3O4. The van der Waals surface area contributed by atoms with Crippen molar-refractivity contribution < 1.29 is 19.4 Å². The number of aromatic nitrogens is 1. The Labute approximate surface area is 187 Å². The van der Waals surface area contributed by atoms with E-state index in [2.05, 4.69) is 29.5 Å². The van der Waals surface area contributed by atoms with Crippen LogP contribution in [0.2, 0.25) is 0 Å². The number of amides is 1. The average Bonchev–Trinajstić information content (AvgIpc) is 2.72. The summed E-state index contributed by atoms with van der Waals surface area (Å²) in [6.07, 6.45) is 4.30. The molecule has 0 radical (unpaired) electrons. The molecule has 3 N–H and O–H groups in total. The first-order chi connectivity index (χ1) is 15.2. The summed E-state index contributed by atoms with van der Waals surface area (Å²) < 4.78 is 5.30. The number of nitrogens with one attached hydrogen (secondary N) is 2. The summed E-state index contributed by atoms with van der Waals surface area (Å²) in [4.78, 5) is 30.8. The zero-order valence-corrected chi connectivity index (χ0v) is 18.7. The molecule has 1 atom stereocenters. The van der Waals surface area contributed by atoms with Crippen molar-refractivity contribution in [2.24, 2.45) is 5.41 Å². The normalized spacial score (nSPS) is 19.9. The van der Waals surface area contributed by atoms with Crippen molar-refractivity contribution in [3.63, 3.8) is 0 Å². The standard InChI is InChI=1S/C25H27N3O4/c1-14-21(24(31)28-16-6-5-9-26-13-16)22(15-7-8-18(29)20(10-15)32-4)23-17(27-14)11-25(2,3)12-19(23)30/h5-10,13,22,27,29H,11-12H2,1-4H3,(H,28,31). The molecule has 0 fully saturated rings. The number of hydrogen-bond acceptors (Lipinski definition) is 6. The lowest BCUT2D eigenvalue weighted by Crippen LogP contribution is -2.39. The first-order valence-corrected chi connectivity index (χ1v) is 10.5. The minimum Gasteiger partial charge on any atom is -0.504 e. The number of benzene rings is 1. The molecule has 1 aromatic heterocycles. The summed E-state index contributed by atoms with van der Waals surface area (Å²) in [5.41, 5.74) is 3.68. The lowest BCUT2D eigenvalue weighted by molar-refractivity contribution is -0.118. The van der Waals surface area contributed by atoms with E-state index < -0.39 is 5.92 Å². The number of phenolic OH excluding ortho intramolecular Hbond substituents is 1. The minimum absolute atomic E-state index is 0.00226. The molecule has 0 spiro atoms. The van der Waals surface area contributed by atoms with Crippen LogP contribution in [0.5, 0.6) is 11.5 Å². The number of aromatic hydroxyl groups is 1. The van der Waals surface area contributed by atoms with Crippen LogP contribution in [-0.2, 0) is 9.59 Å². The number of nitrogens with zero attached hydrogens (tertiary/aromatic N) is 1. The molecule has 32 heavy (non-hydrogen) atoms. The van der Waals surface area contributed by atoms with E-state index in [1.54, 1.807) is 36.7 Å². The Balaban J connectivity index is 1.84. The number of methoxy groups -OCH3 is 1. The van der Waals surface area contributed by atoms with Gasteiger partial charge >= 0.3 is 0 Å². The molecule has 2 aromatic rings. The van der Waals surface area contributed by atoms with E-state index in [1.807, 2.05) is 6.92 Å². The van der Waals surface area contributed by atoms with Crippen LogP contribution in [0.4, 0.5) is 5.69 Å². The second-order valence-corrected chi connectivity index (χ2v) is 9.06. The number of phenols is 1. The Hall–Kier alpha value is -3.61. The molecule has 1 amide bonds. The molecule has 0 saturated carbocycles. The molecular weight excluding hydrogens is 406 g/mol. The van der Waals surface area contributed by atoms with E-state index in [-0.39, 0.29) is 28.6 Å². The molecule has 1 aliphatic carbocycles. The average molecular weight is 434 g/mol. The summed E-state index contributed by atoms with van der Waals surface area (Å²) in [5.74, 6) is -0.598. The van der Waals surface area contributed by atoms with Crippen molar-refractivity contribution in [3.05, 3.63) is 70.8 Å². The maximum absolute atomic E-state index is 13.4. The highest BCUT2D eigenvalue weighted by Crippen LogP contribution is 2.47. The Kier molecular flexibility index (Phi) is 5.50. The van der Waals surface area contributed by atoms with Crippen LogP contribution in [0.1, 0.15) is 45.1 Å². The van der Waals surface area contributed by atoms with Gasteiger partial charge in [-0.1, -0.05) is 19.9 Å². The lowest BCUT2D eigenvalue weighted by atomic mass is 9.68. The van der Waals surface area contributed by atoms with Gasteiger partial charge in [-0.05, 0) is 48.6 Å². The fourth-order valence-electron chi connectivity index (χ4n) is 4.58. The van der Waals surface area contributed by atoms with Crippen molar-refractivity contribution in [2.75, 3.05) is 12.4 Å². The number of dihydropyridines is 1. The van der Waals surface area contributed by atoms with Gasteiger partial charge in [0.05, 0.1) is 19.0 Å². The monoisotopic (exact) mass is 433 g/mol. The number of carbonyl (C=O) groups is 2. The third-order valence-corrected chi connectivity index (χ3v) is 5.94. The number of Topliss-reactive ketones (excluding diaryl/α,β-unsaturated/α-hetero) is 1. The third kappa shape index (κ3) is 3.98. The topological polar surface area (TPSA) is 101 Å². The number of ketones is 1. The van der Waals surface area contributed by atoms with E-state index >= 15 is 0 Å². The number of ether oxygens (including phenoxy) is 1. The van der Waals surface area contributed by atoms with Crippen molar-refractivity contribution >= 4 is 17.4 Å². The zero-order chi connectivity index (χ0) is 23.0. The molecule has 1 aromatic carbocycles. The highest BCUT2D eigenvalue weighted by molar-refractivity contribution is 6.09. The highest BCUT2D eigenvalue weighted by Gasteiger charge is 2.42. The lowest BCUT2D eigenvalue weighted by Gasteiger charge is -2.39. The van der Waals surface area contributed by atoms with Gasteiger partial charge in [0.25, 0.3) is 5.91 Å². The van der Waals surface area contributed by atoms with Gasteiger partial charge in [-0.15, -0.1) is 0 Å². The second-order valence-electron chi connectivity index (χ2n) is 9.06. The van der Waals surface area contributed by atoms with Gasteiger partial charge < -0.3 is 20.5 Å². The van der Waals surface area contributed by atoms with Crippen LogP contribution in [0.3, 0.4) is 0 Å². The Bertz CT molecular complexity index is 1150. The number of hydrogen-bond donors (Lipinski definition) is 3. The molecule has 7 heteroatoms. The molecule has 0 saturated heterocycles. The Morgan fingerprint density at radius 2 is 2.06 bits per heavy atom. The van der Waals surface area contributed by atoms with Gasteiger partial charge in [0.1, 0.15) is 0 Å². The van der Waals surface area contributed by atoms with Gasteiger partial charge in [-0.2, -0.15) is 0 Å². The summed E-state index contributed by atoms with van der Waals surface area (Å²) in [6.45, 7) is 5.98. The van der Waals surface area contributed by atoms with Gasteiger partial charge in [-0.3, -0.25) is 14.6 Å². The van der Waals surface area contributed by atoms with Crippen molar-refractivity contribution in [3.8, 4) is 11.5 Å². The van der Waals surface area contributed by atoms with E-state index in [9.17, 15) is 14.7 Å². The minimum atomic E-state index is -0.582. The molecule has 166 valence electrons. The number of pyridine rings is 1. The quantitative estimate of drug-likeness (QED) is 0.673. The highest BCUT2D eigenvalue weighted by atomic mass is 16.5. The molecule has 1 aliphatic heterocycles. The van der Waals surface area contributed by atoms with Gasteiger partial charge in [-0.25, -0.2) is 0 Å². The van der Waals surface area contributed by atoms with Crippen LogP contribution in [0.25, 0.3) is 0 Å². The van der Waals surface area contributed by atoms with Crippen molar-refractivity contribution in [1.29, 1.82) is 0 Å². The zero-order valence-electron chi connectivity index (χ0n) is 18.7. The maximum atomic E-state index is 13.4. The van der Waals surface area contributed by atoms with Crippen molar-refractivity contribution in [1.82, 2.24) is 10.3 Å². The molecule has 7 nitrogen and oxygen atoms in total. The van der Waals surface area contributed by atoms with E-state index in [1.165, 1.54) is 13.2 Å². The van der Waals surface area contributed by atoms with Crippen LogP contribution >= 0.6 is 0 Å². The predicted octanol–water partition coefficient (Wildman–Crippen LogP) is 4.04. The Morgan fingerprint density at radius 1 is 1.28 bits per heavy atom. The first kappa shape index (κ1) is 21.6. The van der Waals surface area contributed by atoms with Crippen LogP contribution in [-0.4, -0.2) is 28.9 Å². The summed E-state index contributed by atoms with van der Waals surface area (Å²) in [6, 6.07) is 8.45. The number of allylic oxidation sites excluding steroid dienone is 3. The van der Waals surface area contributed by atoms with Crippen LogP contribution in [0.15, 0.2) is 65.3 Å².